The molecular formula is C29H18ClN3O2. The summed E-state index contributed by atoms with van der Waals surface area (Å²) in [4.78, 5) is 33.7. The van der Waals surface area contributed by atoms with Gasteiger partial charge in [-0.1, -0.05) is 84.4 Å². The third-order valence-electron chi connectivity index (χ3n) is 6.19. The molecule has 0 aliphatic carbocycles. The molecule has 0 saturated heterocycles. The van der Waals surface area contributed by atoms with Gasteiger partial charge in [0.25, 0.3) is 5.56 Å². The van der Waals surface area contributed by atoms with Crippen molar-refractivity contribution in [3.63, 3.8) is 0 Å². The van der Waals surface area contributed by atoms with Gasteiger partial charge in [-0.15, -0.1) is 0 Å². The Kier molecular flexibility index (Phi) is 5.05. The van der Waals surface area contributed by atoms with Gasteiger partial charge in [0, 0.05) is 27.6 Å². The van der Waals surface area contributed by atoms with E-state index in [0.717, 1.165) is 37.6 Å². The number of pyridine rings is 1. The van der Waals surface area contributed by atoms with Crippen LogP contribution in [0.4, 0.5) is 0 Å². The zero-order valence-electron chi connectivity index (χ0n) is 18.4. The number of aromatic nitrogens is 3. The quantitative estimate of drug-likeness (QED) is 0.330. The first-order valence-electron chi connectivity index (χ1n) is 11.1. The van der Waals surface area contributed by atoms with Crippen molar-refractivity contribution in [2.24, 2.45) is 0 Å². The van der Waals surface area contributed by atoms with Crippen molar-refractivity contribution in [2.45, 2.75) is 0 Å². The summed E-state index contributed by atoms with van der Waals surface area (Å²) in [6.45, 7) is 0. The molecule has 168 valence electrons. The van der Waals surface area contributed by atoms with E-state index in [1.54, 1.807) is 18.5 Å². The summed E-state index contributed by atoms with van der Waals surface area (Å²) < 4.78 is 1.15. The highest BCUT2D eigenvalue weighted by Crippen LogP contribution is 2.36. The van der Waals surface area contributed by atoms with E-state index in [9.17, 15) is 9.59 Å². The summed E-state index contributed by atoms with van der Waals surface area (Å²) in [7, 11) is 0. The van der Waals surface area contributed by atoms with E-state index in [1.165, 1.54) is 0 Å². The van der Waals surface area contributed by atoms with Crippen molar-refractivity contribution in [1.29, 1.82) is 0 Å². The number of aromatic amines is 1. The minimum atomic E-state index is -0.516. The fourth-order valence-electron chi connectivity index (χ4n) is 4.53. The third kappa shape index (κ3) is 3.54. The van der Waals surface area contributed by atoms with E-state index < -0.39 is 11.2 Å². The summed E-state index contributed by atoms with van der Waals surface area (Å²) in [5, 5.41) is 2.69. The maximum absolute atomic E-state index is 13.5. The molecule has 0 radical (unpaired) electrons. The van der Waals surface area contributed by atoms with Gasteiger partial charge in [0.1, 0.15) is 0 Å². The Morgan fingerprint density at radius 2 is 1.43 bits per heavy atom. The highest BCUT2D eigenvalue weighted by atomic mass is 35.5. The molecule has 0 spiro atoms. The standard InChI is InChI=1S/C29H18ClN3O2/c30-25-12-6-5-11-23(25)22-10-4-3-8-20(22)18-13-14-24-26(15-18)32-29(35)33(28(24)34)27-17-31-16-19-7-1-2-9-21(19)27/h1-17H,(H,32,35). The summed E-state index contributed by atoms with van der Waals surface area (Å²) in [5.74, 6) is 0. The monoisotopic (exact) mass is 475 g/mol. The number of H-pyrrole nitrogens is 1. The molecule has 1 N–H and O–H groups in total. The van der Waals surface area contributed by atoms with Crippen molar-refractivity contribution in [3.8, 4) is 27.9 Å². The van der Waals surface area contributed by atoms with Gasteiger partial charge in [-0.2, -0.15) is 0 Å². The number of rotatable bonds is 3. The van der Waals surface area contributed by atoms with Gasteiger partial charge in [0.15, 0.2) is 0 Å². The summed E-state index contributed by atoms with van der Waals surface area (Å²) in [6.07, 6.45) is 3.25. The molecular weight excluding hydrogens is 458 g/mol. The fraction of sp³-hybridized carbons (Fsp3) is 0. The molecule has 2 heterocycles. The van der Waals surface area contributed by atoms with Crippen LogP contribution in [0.3, 0.4) is 0 Å². The van der Waals surface area contributed by atoms with E-state index in [4.69, 9.17) is 11.6 Å². The zero-order chi connectivity index (χ0) is 23.9. The second-order valence-electron chi connectivity index (χ2n) is 8.24. The largest absolute Gasteiger partial charge is 0.333 e. The summed E-state index contributed by atoms with van der Waals surface area (Å²) in [5.41, 5.74) is 3.70. The molecule has 0 saturated carbocycles. The van der Waals surface area contributed by atoms with Gasteiger partial charge in [-0.25, -0.2) is 9.36 Å². The Morgan fingerprint density at radius 3 is 2.26 bits per heavy atom. The topological polar surface area (TPSA) is 67.8 Å². The van der Waals surface area contributed by atoms with Gasteiger partial charge in [-0.3, -0.25) is 9.78 Å². The number of benzene rings is 4. The van der Waals surface area contributed by atoms with Crippen LogP contribution in [0.1, 0.15) is 0 Å². The maximum atomic E-state index is 13.5. The van der Waals surface area contributed by atoms with Crippen molar-refractivity contribution >= 4 is 33.3 Å². The van der Waals surface area contributed by atoms with Gasteiger partial charge in [0.2, 0.25) is 0 Å². The smallest absolute Gasteiger partial charge is 0.306 e. The highest BCUT2D eigenvalue weighted by molar-refractivity contribution is 6.33. The third-order valence-corrected chi connectivity index (χ3v) is 6.52. The second-order valence-corrected chi connectivity index (χ2v) is 8.64. The van der Waals surface area contributed by atoms with Crippen LogP contribution in [0, 0.1) is 0 Å². The number of fused-ring (bicyclic) bond motifs is 2. The Hall–Kier alpha value is -4.48. The molecule has 6 rings (SSSR count). The molecule has 5 nitrogen and oxygen atoms in total. The number of nitrogens with one attached hydrogen (secondary N) is 1. The van der Waals surface area contributed by atoms with Crippen molar-refractivity contribution in [1.82, 2.24) is 14.5 Å². The van der Waals surface area contributed by atoms with E-state index in [1.807, 2.05) is 84.9 Å². The van der Waals surface area contributed by atoms with Crippen molar-refractivity contribution < 1.29 is 0 Å². The van der Waals surface area contributed by atoms with E-state index in [2.05, 4.69) is 9.97 Å². The van der Waals surface area contributed by atoms with E-state index in [-0.39, 0.29) is 0 Å². The SMILES string of the molecule is O=c1[nH]c2cc(-c3ccccc3-c3ccccc3Cl)ccc2c(=O)n1-c1cncc2ccccc12. The van der Waals surface area contributed by atoms with Crippen LogP contribution in [0.15, 0.2) is 113 Å². The predicted molar refractivity (Wildman–Crippen MR) is 141 cm³/mol. The lowest BCUT2D eigenvalue weighted by Gasteiger charge is -2.13. The lowest BCUT2D eigenvalue weighted by Crippen LogP contribution is -2.33. The van der Waals surface area contributed by atoms with Crippen molar-refractivity contribution in [3.05, 3.63) is 129 Å². The minimum absolute atomic E-state index is 0.396. The van der Waals surface area contributed by atoms with Crippen LogP contribution < -0.4 is 11.2 Å². The van der Waals surface area contributed by atoms with Gasteiger partial charge in [-0.05, 0) is 34.9 Å². The van der Waals surface area contributed by atoms with Gasteiger partial charge < -0.3 is 4.98 Å². The number of hydrogen-bond donors (Lipinski definition) is 1. The Morgan fingerprint density at radius 1 is 0.714 bits per heavy atom. The Balaban J connectivity index is 1.55. The maximum Gasteiger partial charge on any atom is 0.333 e. The number of nitrogens with zero attached hydrogens (tertiary/aromatic N) is 2. The second kappa shape index (κ2) is 8.38. The van der Waals surface area contributed by atoms with Crippen molar-refractivity contribution in [2.75, 3.05) is 0 Å². The summed E-state index contributed by atoms with van der Waals surface area (Å²) >= 11 is 6.48. The Bertz CT molecular complexity index is 1870. The van der Waals surface area contributed by atoms with E-state index in [0.29, 0.717) is 21.6 Å². The molecule has 6 heteroatoms. The fourth-order valence-corrected chi connectivity index (χ4v) is 4.77. The van der Waals surface area contributed by atoms with Gasteiger partial charge >= 0.3 is 5.69 Å². The average Bonchev–Trinajstić information content (AvgIpc) is 2.89. The molecule has 0 atom stereocenters. The molecule has 0 bridgehead atoms. The first kappa shape index (κ1) is 21.1. The molecule has 0 aliphatic rings. The minimum Gasteiger partial charge on any atom is -0.306 e. The molecule has 0 fully saturated rings. The zero-order valence-corrected chi connectivity index (χ0v) is 19.2. The van der Waals surface area contributed by atoms with Gasteiger partial charge in [0.05, 0.1) is 22.8 Å². The predicted octanol–water partition coefficient (Wildman–Crippen LogP) is 6.21. The number of hydrogen-bond acceptors (Lipinski definition) is 3. The molecule has 6 aromatic rings. The Labute approximate surface area is 204 Å². The van der Waals surface area contributed by atoms with Crippen LogP contribution in [0.5, 0.6) is 0 Å². The van der Waals surface area contributed by atoms with Crippen LogP contribution in [0.25, 0.3) is 49.6 Å². The lowest BCUT2D eigenvalue weighted by molar-refractivity contribution is 0.902. The first-order valence-corrected chi connectivity index (χ1v) is 11.5. The molecule has 4 aromatic carbocycles. The normalized spacial score (nSPS) is 11.2. The average molecular weight is 476 g/mol. The molecule has 35 heavy (non-hydrogen) atoms. The lowest BCUT2D eigenvalue weighted by atomic mass is 9.94. The van der Waals surface area contributed by atoms with E-state index >= 15 is 0 Å². The van der Waals surface area contributed by atoms with Crippen LogP contribution in [-0.2, 0) is 0 Å². The first-order chi connectivity index (χ1) is 17.1. The molecule has 0 amide bonds. The highest BCUT2D eigenvalue weighted by Gasteiger charge is 2.15. The molecule has 0 unspecified atom stereocenters. The van der Waals surface area contributed by atoms with Crippen LogP contribution in [-0.4, -0.2) is 14.5 Å². The van der Waals surface area contributed by atoms with Crippen LogP contribution in [0.2, 0.25) is 5.02 Å². The van der Waals surface area contributed by atoms with Crippen LogP contribution >= 0.6 is 11.6 Å². The number of halogens is 1. The molecule has 0 aliphatic heterocycles. The molecule has 2 aromatic heterocycles. The summed E-state index contributed by atoms with van der Waals surface area (Å²) in [6, 6.07) is 28.6.